The summed E-state index contributed by atoms with van der Waals surface area (Å²) < 4.78 is 0. The van der Waals surface area contributed by atoms with Gasteiger partial charge in [-0.1, -0.05) is 20.8 Å². The average Bonchev–Trinajstić information content (AvgIpc) is 2.81. The Bertz CT molecular complexity index is 582. The summed E-state index contributed by atoms with van der Waals surface area (Å²) in [5.41, 5.74) is 2.47. The third kappa shape index (κ3) is 31.5. The number of allylic oxidation sites excluding steroid dienone is 6. The third-order valence-corrected chi connectivity index (χ3v) is 4.17. The lowest BCUT2D eigenvalue weighted by Crippen LogP contribution is -2.16. The van der Waals surface area contributed by atoms with Crippen LogP contribution in [0.5, 0.6) is 0 Å². The van der Waals surface area contributed by atoms with E-state index in [4.69, 9.17) is 15.3 Å². The van der Waals surface area contributed by atoms with Gasteiger partial charge < -0.3 is 31.3 Å². The van der Waals surface area contributed by atoms with E-state index in [0.717, 1.165) is 36.4 Å². The van der Waals surface area contributed by atoms with E-state index in [-0.39, 0.29) is 37.2 Å². The Hall–Kier alpha value is -2.49. The highest BCUT2D eigenvalue weighted by atomic mass is 16.3. The normalized spacial score (nSPS) is 11.4. The molecule has 0 radical (unpaired) electrons. The first-order valence-electron chi connectivity index (χ1n) is 12.8. The van der Waals surface area contributed by atoms with Crippen LogP contribution in [0.1, 0.15) is 80.1 Å². The van der Waals surface area contributed by atoms with E-state index >= 15 is 0 Å². The van der Waals surface area contributed by atoms with Gasteiger partial charge in [0.05, 0.1) is 19.8 Å². The Labute approximate surface area is 218 Å². The number of aliphatic hydroxyl groups excluding tert-OH is 3. The zero-order valence-electron chi connectivity index (χ0n) is 23.3. The summed E-state index contributed by atoms with van der Waals surface area (Å²) in [6.07, 6.45) is 9.17. The lowest BCUT2D eigenvalue weighted by Gasteiger charge is -2.02. The molecule has 0 unspecified atom stereocenters. The van der Waals surface area contributed by atoms with E-state index in [9.17, 15) is 14.4 Å². The molecule has 0 bridgehead atoms. The number of carbonyl (C=O) groups is 3. The topological polar surface area (TPSA) is 148 Å². The Morgan fingerprint density at radius 1 is 0.528 bits per heavy atom. The molecule has 0 aliphatic heterocycles. The highest BCUT2D eigenvalue weighted by molar-refractivity contribution is 5.90. The van der Waals surface area contributed by atoms with Gasteiger partial charge in [-0.25, -0.2) is 0 Å². The van der Waals surface area contributed by atoms with Crippen molar-refractivity contribution < 1.29 is 29.7 Å². The summed E-state index contributed by atoms with van der Waals surface area (Å²) in [4.78, 5) is 33.1. The van der Waals surface area contributed by atoms with Crippen LogP contribution in [0, 0.1) is 0 Å². The van der Waals surface area contributed by atoms with Crippen LogP contribution < -0.4 is 16.0 Å². The van der Waals surface area contributed by atoms with E-state index in [1.165, 1.54) is 0 Å². The summed E-state index contributed by atoms with van der Waals surface area (Å²) >= 11 is 0. The third-order valence-electron chi connectivity index (χ3n) is 4.17. The van der Waals surface area contributed by atoms with Gasteiger partial charge in [-0.15, -0.1) is 0 Å². The van der Waals surface area contributed by atoms with Crippen LogP contribution in [0.15, 0.2) is 35.3 Å². The second kappa shape index (κ2) is 28.7. The van der Waals surface area contributed by atoms with Crippen molar-refractivity contribution in [2.75, 3.05) is 39.5 Å². The van der Waals surface area contributed by atoms with Crippen LogP contribution in [-0.2, 0) is 14.4 Å². The molecule has 9 heteroatoms. The molecule has 0 rings (SSSR count). The molecule has 0 aliphatic rings. The van der Waals surface area contributed by atoms with Gasteiger partial charge in [0.2, 0.25) is 0 Å². The molecule has 0 atom stereocenters. The van der Waals surface area contributed by atoms with Crippen molar-refractivity contribution >= 4 is 17.3 Å². The SMILES string of the molecule is CCCC(=O)/C=C(/C)NCCO.CCCC(=O)/C=C(/C)NCCO.CCCC(=O)/C=C(/C)NCCO. The Balaban J connectivity index is -0.000000454. The molecule has 0 aromatic rings. The lowest BCUT2D eigenvalue weighted by molar-refractivity contribution is -0.115. The highest BCUT2D eigenvalue weighted by Gasteiger charge is 1.97. The molecule has 0 fully saturated rings. The van der Waals surface area contributed by atoms with Crippen LogP contribution in [0.2, 0.25) is 0 Å². The molecule has 0 saturated carbocycles. The molecule has 0 heterocycles. The number of nitrogens with one attached hydrogen (secondary N) is 3. The predicted molar refractivity (Wildman–Crippen MR) is 146 cm³/mol. The quantitative estimate of drug-likeness (QED) is 0.152. The summed E-state index contributed by atoms with van der Waals surface area (Å²) in [5, 5.41) is 34.2. The van der Waals surface area contributed by atoms with Crippen molar-refractivity contribution in [2.45, 2.75) is 80.1 Å². The summed E-state index contributed by atoms with van der Waals surface area (Å²) in [6.45, 7) is 13.2. The molecule has 6 N–H and O–H groups in total. The molecule has 0 spiro atoms. The first-order valence-corrected chi connectivity index (χ1v) is 12.8. The van der Waals surface area contributed by atoms with Gasteiger partial charge in [0.15, 0.2) is 17.3 Å². The number of aliphatic hydroxyl groups is 3. The minimum atomic E-state index is 0.0904. The standard InChI is InChI=1S/3C9H17NO2/c3*1-3-4-9(12)7-8(2)10-5-6-11/h3*7,10-11H,3-6H2,1-2H3/b3*8-7-. The fourth-order valence-electron chi connectivity index (χ4n) is 2.59. The number of rotatable bonds is 18. The molecular formula is C27H51N3O6. The first kappa shape index (κ1) is 38.0. The predicted octanol–water partition coefficient (Wildman–Crippen LogP) is 2.52. The fourth-order valence-corrected chi connectivity index (χ4v) is 2.59. The summed E-state index contributed by atoms with van der Waals surface area (Å²) in [5.74, 6) is 0.418. The monoisotopic (exact) mass is 513 g/mol. The maximum Gasteiger partial charge on any atom is 0.157 e. The minimum absolute atomic E-state index is 0.0904. The zero-order chi connectivity index (χ0) is 28.2. The number of ketones is 3. The van der Waals surface area contributed by atoms with Crippen molar-refractivity contribution in [1.29, 1.82) is 0 Å². The molecule has 210 valence electrons. The van der Waals surface area contributed by atoms with Crippen molar-refractivity contribution in [3.63, 3.8) is 0 Å². The smallest absolute Gasteiger partial charge is 0.157 e. The van der Waals surface area contributed by atoms with Crippen LogP contribution >= 0.6 is 0 Å². The Morgan fingerprint density at radius 3 is 0.917 bits per heavy atom. The summed E-state index contributed by atoms with van der Waals surface area (Å²) in [7, 11) is 0. The first-order chi connectivity index (χ1) is 17.1. The van der Waals surface area contributed by atoms with E-state index < -0.39 is 0 Å². The van der Waals surface area contributed by atoms with Crippen molar-refractivity contribution in [3.05, 3.63) is 35.3 Å². The van der Waals surface area contributed by atoms with Gasteiger partial charge in [0.25, 0.3) is 0 Å². The van der Waals surface area contributed by atoms with Crippen molar-refractivity contribution in [3.8, 4) is 0 Å². The number of hydrogen-bond donors (Lipinski definition) is 6. The molecule has 0 saturated heterocycles. The maximum absolute atomic E-state index is 11.0. The van der Waals surface area contributed by atoms with E-state index in [0.29, 0.717) is 38.9 Å². The van der Waals surface area contributed by atoms with Crippen molar-refractivity contribution in [1.82, 2.24) is 16.0 Å². The Kier molecular flexibility index (Phi) is 30.4. The largest absolute Gasteiger partial charge is 0.395 e. The van der Waals surface area contributed by atoms with Gasteiger partial charge in [-0.05, 0) is 58.3 Å². The minimum Gasteiger partial charge on any atom is -0.395 e. The van der Waals surface area contributed by atoms with Gasteiger partial charge in [-0.3, -0.25) is 14.4 Å². The second-order valence-electron chi connectivity index (χ2n) is 8.08. The van der Waals surface area contributed by atoms with Crippen LogP contribution in [0.4, 0.5) is 0 Å². The Morgan fingerprint density at radius 2 is 0.750 bits per heavy atom. The number of hydrogen-bond acceptors (Lipinski definition) is 9. The van der Waals surface area contributed by atoms with Crippen LogP contribution in [0.25, 0.3) is 0 Å². The van der Waals surface area contributed by atoms with E-state index in [2.05, 4.69) is 16.0 Å². The van der Waals surface area contributed by atoms with Gasteiger partial charge >= 0.3 is 0 Å². The average molecular weight is 514 g/mol. The second-order valence-corrected chi connectivity index (χ2v) is 8.08. The fraction of sp³-hybridized carbons (Fsp3) is 0.667. The van der Waals surface area contributed by atoms with Crippen LogP contribution in [-0.4, -0.2) is 72.1 Å². The molecule has 36 heavy (non-hydrogen) atoms. The lowest BCUT2D eigenvalue weighted by atomic mass is 10.2. The molecule has 9 nitrogen and oxygen atoms in total. The maximum atomic E-state index is 11.0. The van der Waals surface area contributed by atoms with E-state index in [1.807, 2.05) is 41.5 Å². The number of carbonyl (C=O) groups excluding carboxylic acids is 3. The summed E-state index contributed by atoms with van der Waals surface area (Å²) in [6, 6.07) is 0. The van der Waals surface area contributed by atoms with Gasteiger partial charge in [-0.2, -0.15) is 0 Å². The molecule has 0 aromatic carbocycles. The molecular weight excluding hydrogens is 462 g/mol. The van der Waals surface area contributed by atoms with E-state index in [1.54, 1.807) is 18.2 Å². The molecule has 0 amide bonds. The van der Waals surface area contributed by atoms with Gasteiger partial charge in [0.1, 0.15) is 0 Å². The van der Waals surface area contributed by atoms with Gasteiger partial charge in [0, 0.05) is 56.0 Å². The molecule has 0 aromatic heterocycles. The highest BCUT2D eigenvalue weighted by Crippen LogP contribution is 1.95. The van der Waals surface area contributed by atoms with Crippen LogP contribution in [0.3, 0.4) is 0 Å². The molecule has 0 aliphatic carbocycles. The van der Waals surface area contributed by atoms with Crippen molar-refractivity contribution in [2.24, 2.45) is 0 Å². The zero-order valence-corrected chi connectivity index (χ0v) is 23.3.